The third kappa shape index (κ3) is 5.24. The molecule has 2 unspecified atom stereocenters. The van der Waals surface area contributed by atoms with Crippen molar-refractivity contribution in [3.63, 3.8) is 0 Å². The molecule has 1 amide bonds. The van der Waals surface area contributed by atoms with Crippen molar-refractivity contribution in [3.05, 3.63) is 35.6 Å². The van der Waals surface area contributed by atoms with E-state index in [-0.39, 0.29) is 35.1 Å². The van der Waals surface area contributed by atoms with Crippen molar-refractivity contribution >= 4 is 11.9 Å². The molecular weight excluding hydrogens is 355 g/mol. The number of carbonyl (C=O) groups excluding carboxylic acids is 1. The Labute approximate surface area is 167 Å². The van der Waals surface area contributed by atoms with Gasteiger partial charge in [-0.05, 0) is 63.6 Å². The van der Waals surface area contributed by atoms with Crippen LogP contribution in [0.3, 0.4) is 0 Å². The Morgan fingerprint density at radius 2 is 2.11 bits per heavy atom. The van der Waals surface area contributed by atoms with E-state index in [0.29, 0.717) is 0 Å². The summed E-state index contributed by atoms with van der Waals surface area (Å²) in [5, 5.41) is 9.95. The van der Waals surface area contributed by atoms with Gasteiger partial charge in [0.05, 0.1) is 0 Å². The van der Waals surface area contributed by atoms with E-state index in [0.717, 1.165) is 56.6 Å². The standard InChI is InChI=1S/C22H33FN4O/c1-15(2)26-20(28)16-6-4-9-19(12-16)27-21(24-3)25-14-22(10-11-22)17-7-5-8-18(23)13-17/h5,7-8,13,15-16,19H,4,6,9-12,14H2,1-3H3,(H,26,28)(H2,24,25,27). The topological polar surface area (TPSA) is 65.5 Å². The van der Waals surface area contributed by atoms with Crippen LogP contribution in [0.15, 0.2) is 29.3 Å². The van der Waals surface area contributed by atoms with E-state index >= 15 is 0 Å². The second-order valence-corrected chi connectivity index (χ2v) is 8.58. The van der Waals surface area contributed by atoms with Crippen LogP contribution in [0.5, 0.6) is 0 Å². The van der Waals surface area contributed by atoms with Crippen LogP contribution in [0.4, 0.5) is 4.39 Å². The first-order chi connectivity index (χ1) is 13.4. The largest absolute Gasteiger partial charge is 0.356 e. The number of hydrogen-bond acceptors (Lipinski definition) is 2. The number of nitrogens with zero attached hydrogens (tertiary/aromatic N) is 1. The minimum Gasteiger partial charge on any atom is -0.356 e. The number of aliphatic imine (C=N–C) groups is 1. The van der Waals surface area contributed by atoms with Gasteiger partial charge >= 0.3 is 0 Å². The van der Waals surface area contributed by atoms with Crippen LogP contribution in [-0.2, 0) is 10.2 Å². The van der Waals surface area contributed by atoms with Crippen molar-refractivity contribution in [2.45, 2.75) is 69.9 Å². The predicted octanol–water partition coefficient (Wildman–Crippen LogP) is 3.11. The van der Waals surface area contributed by atoms with Gasteiger partial charge in [0.15, 0.2) is 5.96 Å². The molecule has 154 valence electrons. The molecule has 0 heterocycles. The van der Waals surface area contributed by atoms with Crippen molar-refractivity contribution < 1.29 is 9.18 Å². The van der Waals surface area contributed by atoms with Crippen LogP contribution in [0.1, 0.15) is 57.9 Å². The smallest absolute Gasteiger partial charge is 0.223 e. The first kappa shape index (κ1) is 20.6. The van der Waals surface area contributed by atoms with Crippen molar-refractivity contribution in [2.24, 2.45) is 10.9 Å². The minimum atomic E-state index is -0.181. The highest BCUT2D eigenvalue weighted by Gasteiger charge is 2.44. The SMILES string of the molecule is CN=C(NCC1(c2cccc(F)c2)CC1)NC1CCCC(C(=O)NC(C)C)C1. The number of amides is 1. The zero-order valence-corrected chi connectivity index (χ0v) is 17.2. The lowest BCUT2D eigenvalue weighted by Crippen LogP contribution is -2.48. The summed E-state index contributed by atoms with van der Waals surface area (Å²) in [7, 11) is 1.77. The average Bonchev–Trinajstić information content (AvgIpc) is 3.46. The van der Waals surface area contributed by atoms with E-state index in [4.69, 9.17) is 0 Å². The number of hydrogen-bond donors (Lipinski definition) is 3. The Hall–Kier alpha value is -2.11. The van der Waals surface area contributed by atoms with Crippen LogP contribution in [0.25, 0.3) is 0 Å². The van der Waals surface area contributed by atoms with Crippen LogP contribution in [0, 0.1) is 11.7 Å². The highest BCUT2D eigenvalue weighted by Crippen LogP contribution is 2.47. The molecule has 0 saturated heterocycles. The second kappa shape index (κ2) is 8.93. The third-order valence-electron chi connectivity index (χ3n) is 5.93. The highest BCUT2D eigenvalue weighted by molar-refractivity contribution is 5.81. The summed E-state index contributed by atoms with van der Waals surface area (Å²) < 4.78 is 13.6. The Morgan fingerprint density at radius 3 is 2.75 bits per heavy atom. The van der Waals surface area contributed by atoms with Crippen molar-refractivity contribution in [1.82, 2.24) is 16.0 Å². The number of rotatable bonds is 6. The molecule has 0 radical (unpaired) electrons. The fraction of sp³-hybridized carbons (Fsp3) is 0.636. The van der Waals surface area contributed by atoms with Crippen molar-refractivity contribution in [3.8, 4) is 0 Å². The van der Waals surface area contributed by atoms with Gasteiger partial charge in [0.2, 0.25) is 5.91 Å². The Bertz CT molecular complexity index is 714. The first-order valence-corrected chi connectivity index (χ1v) is 10.5. The Morgan fingerprint density at radius 1 is 1.32 bits per heavy atom. The summed E-state index contributed by atoms with van der Waals surface area (Å²) in [6.45, 7) is 4.73. The molecule has 3 rings (SSSR count). The zero-order chi connectivity index (χ0) is 20.1. The van der Waals surface area contributed by atoms with E-state index in [1.54, 1.807) is 19.2 Å². The second-order valence-electron chi connectivity index (χ2n) is 8.58. The van der Waals surface area contributed by atoms with Crippen LogP contribution in [0.2, 0.25) is 0 Å². The molecule has 0 bridgehead atoms. The van der Waals surface area contributed by atoms with E-state index in [1.807, 2.05) is 19.9 Å². The van der Waals surface area contributed by atoms with Crippen molar-refractivity contribution in [2.75, 3.05) is 13.6 Å². The molecule has 0 aromatic heterocycles. The van der Waals surface area contributed by atoms with Gasteiger partial charge in [0, 0.05) is 37.0 Å². The van der Waals surface area contributed by atoms with Gasteiger partial charge in [0.25, 0.3) is 0 Å². The molecule has 2 aliphatic rings. The number of halogens is 1. The fourth-order valence-electron chi connectivity index (χ4n) is 4.14. The molecule has 2 saturated carbocycles. The molecule has 3 N–H and O–H groups in total. The lowest BCUT2D eigenvalue weighted by molar-refractivity contribution is -0.126. The lowest BCUT2D eigenvalue weighted by atomic mass is 9.85. The normalized spacial score (nSPS) is 24.0. The molecule has 2 fully saturated rings. The van der Waals surface area contributed by atoms with Crippen LogP contribution < -0.4 is 16.0 Å². The fourth-order valence-corrected chi connectivity index (χ4v) is 4.14. The maximum atomic E-state index is 13.6. The first-order valence-electron chi connectivity index (χ1n) is 10.5. The van der Waals surface area contributed by atoms with E-state index < -0.39 is 0 Å². The molecule has 6 heteroatoms. The van der Waals surface area contributed by atoms with Crippen molar-refractivity contribution in [1.29, 1.82) is 0 Å². The quantitative estimate of drug-likeness (QED) is 0.518. The summed E-state index contributed by atoms with van der Waals surface area (Å²) in [6, 6.07) is 7.33. The van der Waals surface area contributed by atoms with E-state index in [2.05, 4.69) is 20.9 Å². The van der Waals surface area contributed by atoms with Gasteiger partial charge < -0.3 is 16.0 Å². The summed E-state index contributed by atoms with van der Waals surface area (Å²) in [6.07, 6.45) is 5.97. The maximum Gasteiger partial charge on any atom is 0.223 e. The molecule has 5 nitrogen and oxygen atoms in total. The zero-order valence-electron chi connectivity index (χ0n) is 17.2. The van der Waals surface area contributed by atoms with Gasteiger partial charge in [-0.1, -0.05) is 18.6 Å². The number of guanidine groups is 1. The van der Waals surface area contributed by atoms with Crippen LogP contribution >= 0.6 is 0 Å². The Kier molecular flexibility index (Phi) is 6.57. The summed E-state index contributed by atoms with van der Waals surface area (Å²) in [5.41, 5.74) is 1.06. The Balaban J connectivity index is 1.53. The molecule has 0 spiro atoms. The van der Waals surface area contributed by atoms with Gasteiger partial charge in [-0.15, -0.1) is 0 Å². The van der Waals surface area contributed by atoms with Gasteiger partial charge in [-0.2, -0.15) is 0 Å². The van der Waals surface area contributed by atoms with Gasteiger partial charge in [0.1, 0.15) is 5.82 Å². The summed E-state index contributed by atoms with van der Waals surface area (Å²) in [4.78, 5) is 16.7. The maximum absolute atomic E-state index is 13.6. The molecular formula is C22H33FN4O. The molecule has 2 atom stereocenters. The highest BCUT2D eigenvalue weighted by atomic mass is 19.1. The van der Waals surface area contributed by atoms with E-state index in [1.165, 1.54) is 6.07 Å². The minimum absolute atomic E-state index is 0.00592. The summed E-state index contributed by atoms with van der Waals surface area (Å²) >= 11 is 0. The average molecular weight is 389 g/mol. The lowest BCUT2D eigenvalue weighted by Gasteiger charge is -2.31. The molecule has 28 heavy (non-hydrogen) atoms. The predicted molar refractivity (Wildman–Crippen MR) is 111 cm³/mol. The third-order valence-corrected chi connectivity index (χ3v) is 5.93. The number of benzene rings is 1. The molecule has 2 aliphatic carbocycles. The summed E-state index contributed by atoms with van der Waals surface area (Å²) in [5.74, 6) is 0.804. The number of carbonyl (C=O) groups is 1. The molecule has 1 aromatic carbocycles. The van der Waals surface area contributed by atoms with Crippen LogP contribution in [-0.4, -0.2) is 37.5 Å². The van der Waals surface area contributed by atoms with E-state index in [9.17, 15) is 9.18 Å². The molecule has 1 aromatic rings. The van der Waals surface area contributed by atoms with Gasteiger partial charge in [-0.25, -0.2) is 4.39 Å². The van der Waals surface area contributed by atoms with Gasteiger partial charge in [-0.3, -0.25) is 9.79 Å². The monoisotopic (exact) mass is 388 g/mol. The molecule has 0 aliphatic heterocycles. The number of nitrogens with one attached hydrogen (secondary N) is 3.